The quantitative estimate of drug-likeness (QED) is 0.186. The lowest BCUT2D eigenvalue weighted by atomic mass is 9.74. The van der Waals surface area contributed by atoms with Gasteiger partial charge in [-0.25, -0.2) is 0 Å². The van der Waals surface area contributed by atoms with Crippen LogP contribution in [0.2, 0.25) is 0 Å². The summed E-state index contributed by atoms with van der Waals surface area (Å²) < 4.78 is 6.67. The van der Waals surface area contributed by atoms with Gasteiger partial charge in [0, 0.05) is 84.4 Å². The van der Waals surface area contributed by atoms with Crippen LogP contribution in [0.25, 0.3) is 10.4 Å². The maximum atomic E-state index is 14.0. The molecule has 0 atom stereocenters. The van der Waals surface area contributed by atoms with E-state index in [1.54, 1.807) is 0 Å². The van der Waals surface area contributed by atoms with E-state index in [9.17, 15) is 4.79 Å². The highest BCUT2D eigenvalue weighted by Crippen LogP contribution is 2.58. The molecule has 0 aromatic heterocycles. The van der Waals surface area contributed by atoms with E-state index in [1.165, 1.54) is 0 Å². The second kappa shape index (κ2) is 10.3. The van der Waals surface area contributed by atoms with Gasteiger partial charge in [-0.15, -0.1) is 0 Å². The van der Waals surface area contributed by atoms with E-state index >= 15 is 0 Å². The number of hydrogen-bond donors (Lipinski definition) is 0. The minimum Gasteiger partial charge on any atom is -0.456 e. The lowest BCUT2D eigenvalue weighted by Crippen LogP contribution is -2.48. The summed E-state index contributed by atoms with van der Waals surface area (Å²) in [4.78, 5) is 23.3. The van der Waals surface area contributed by atoms with E-state index in [0.717, 1.165) is 65.7 Å². The molecule has 3 aromatic carbocycles. The Morgan fingerprint density at radius 1 is 0.842 bits per heavy atom. The molecule has 196 valence electrons. The summed E-state index contributed by atoms with van der Waals surface area (Å²) >= 11 is 0. The molecule has 0 saturated heterocycles. The lowest BCUT2D eigenvalue weighted by molar-refractivity contribution is 0.0673. The number of carbonyl (C=O) groups is 1. The molecular weight excluding hydrogens is 476 g/mol. The van der Waals surface area contributed by atoms with Crippen molar-refractivity contribution in [2.45, 2.75) is 33.2 Å². The molecule has 8 nitrogen and oxygen atoms in total. The number of ether oxygens (including phenoxy) is 1. The van der Waals surface area contributed by atoms with Gasteiger partial charge in [-0.1, -0.05) is 35.4 Å². The highest BCUT2D eigenvalue weighted by atomic mass is 16.5. The van der Waals surface area contributed by atoms with Gasteiger partial charge in [0.15, 0.2) is 0 Å². The van der Waals surface area contributed by atoms with Gasteiger partial charge in [0.05, 0.1) is 0 Å². The summed E-state index contributed by atoms with van der Waals surface area (Å²) in [5.74, 6) is 1.39. The SMILES string of the molecule is CCN(CC)c1ccc2c(c1)Oc1cc(N(CC)CC)ccc1C21c2ccccc2C(=O)N1CCN=[N+]=[N-]. The highest BCUT2D eigenvalue weighted by Gasteiger charge is 2.56. The van der Waals surface area contributed by atoms with Gasteiger partial charge >= 0.3 is 0 Å². The molecule has 8 heteroatoms. The van der Waals surface area contributed by atoms with Crippen molar-refractivity contribution in [2.75, 3.05) is 49.1 Å². The molecule has 2 aliphatic heterocycles. The third-order valence-corrected chi connectivity index (χ3v) is 7.87. The fourth-order valence-electron chi connectivity index (χ4n) is 6.09. The van der Waals surface area contributed by atoms with Gasteiger partial charge < -0.3 is 19.4 Å². The number of fused-ring (bicyclic) bond motifs is 6. The average molecular weight is 511 g/mol. The van der Waals surface area contributed by atoms with Crippen LogP contribution in [0.15, 0.2) is 65.8 Å². The van der Waals surface area contributed by atoms with Gasteiger partial charge in [0.2, 0.25) is 0 Å². The number of carbonyl (C=O) groups excluding carboxylic acids is 1. The molecule has 0 radical (unpaired) electrons. The largest absolute Gasteiger partial charge is 0.456 e. The molecule has 0 aliphatic carbocycles. The Balaban J connectivity index is 1.81. The smallest absolute Gasteiger partial charge is 0.255 e. The Labute approximate surface area is 224 Å². The molecule has 38 heavy (non-hydrogen) atoms. The van der Waals surface area contributed by atoms with Crippen LogP contribution < -0.4 is 14.5 Å². The van der Waals surface area contributed by atoms with Gasteiger partial charge in [-0.05, 0) is 57.0 Å². The summed E-state index contributed by atoms with van der Waals surface area (Å²) in [5, 5.41) is 3.78. The van der Waals surface area contributed by atoms with Crippen molar-refractivity contribution in [3.8, 4) is 11.5 Å². The standard InChI is InChI=1S/C30H34N6O2/c1-5-34(6-2)21-13-15-25-27(19-21)38-28-20-22(35(7-3)8-4)14-16-26(28)30(25)24-12-10-9-11-23(24)29(37)36(30)18-17-32-33-31/h9-16,19-20H,5-8,17-18H2,1-4H3. The third-order valence-electron chi connectivity index (χ3n) is 7.87. The minimum atomic E-state index is -0.898. The lowest BCUT2D eigenvalue weighted by Gasteiger charge is -2.44. The molecule has 3 aromatic rings. The molecule has 0 unspecified atom stereocenters. The number of amides is 1. The topological polar surface area (TPSA) is 84.8 Å². The fourth-order valence-corrected chi connectivity index (χ4v) is 6.09. The Morgan fingerprint density at radius 2 is 1.39 bits per heavy atom. The van der Waals surface area contributed by atoms with E-state index in [4.69, 9.17) is 10.3 Å². The third kappa shape index (κ3) is 3.75. The van der Waals surface area contributed by atoms with Gasteiger partial charge in [-0.3, -0.25) is 4.79 Å². The van der Waals surface area contributed by atoms with Crippen molar-refractivity contribution >= 4 is 17.3 Å². The molecule has 1 spiro atoms. The van der Waals surface area contributed by atoms with E-state index in [1.807, 2.05) is 29.2 Å². The number of azide groups is 1. The van der Waals surface area contributed by atoms with Crippen LogP contribution in [-0.4, -0.2) is 50.1 Å². The molecule has 0 fully saturated rings. The fraction of sp³-hybridized carbons (Fsp3) is 0.367. The molecule has 2 heterocycles. The zero-order valence-corrected chi connectivity index (χ0v) is 22.5. The van der Waals surface area contributed by atoms with Crippen molar-refractivity contribution in [3.05, 3.63) is 93.4 Å². The molecule has 0 N–H and O–H groups in total. The van der Waals surface area contributed by atoms with E-state index in [2.05, 4.69) is 83.9 Å². The minimum absolute atomic E-state index is 0.0758. The van der Waals surface area contributed by atoms with E-state index < -0.39 is 5.54 Å². The van der Waals surface area contributed by atoms with E-state index in [0.29, 0.717) is 5.56 Å². The van der Waals surface area contributed by atoms with Crippen molar-refractivity contribution in [2.24, 2.45) is 5.11 Å². The van der Waals surface area contributed by atoms with Gasteiger partial charge in [0.1, 0.15) is 17.0 Å². The Bertz CT molecular complexity index is 1340. The predicted molar refractivity (Wildman–Crippen MR) is 151 cm³/mol. The maximum absolute atomic E-state index is 14.0. The zero-order chi connectivity index (χ0) is 26.9. The van der Waals surface area contributed by atoms with Crippen LogP contribution in [-0.2, 0) is 5.54 Å². The second-order valence-electron chi connectivity index (χ2n) is 9.47. The van der Waals surface area contributed by atoms with Crippen LogP contribution in [0.5, 0.6) is 11.5 Å². The number of rotatable bonds is 9. The number of anilines is 2. The van der Waals surface area contributed by atoms with Crippen molar-refractivity contribution in [1.82, 2.24) is 4.90 Å². The Kier molecular flexibility index (Phi) is 6.91. The normalized spacial score (nSPS) is 14.3. The molecular formula is C30H34N6O2. The first-order valence-corrected chi connectivity index (χ1v) is 13.4. The molecule has 0 saturated carbocycles. The van der Waals surface area contributed by atoms with Crippen molar-refractivity contribution < 1.29 is 9.53 Å². The zero-order valence-electron chi connectivity index (χ0n) is 22.5. The van der Waals surface area contributed by atoms with Gasteiger partial charge in [0.25, 0.3) is 5.91 Å². The van der Waals surface area contributed by atoms with Crippen LogP contribution in [0.3, 0.4) is 0 Å². The maximum Gasteiger partial charge on any atom is 0.255 e. The summed E-state index contributed by atoms with van der Waals surface area (Å²) in [5.41, 5.74) is 13.6. The highest BCUT2D eigenvalue weighted by molar-refractivity contribution is 6.02. The summed E-state index contributed by atoms with van der Waals surface area (Å²) in [6.45, 7) is 12.5. The first-order chi connectivity index (χ1) is 18.5. The molecule has 0 bridgehead atoms. The van der Waals surface area contributed by atoms with Crippen LogP contribution in [0.4, 0.5) is 11.4 Å². The number of benzene rings is 3. The summed E-state index contributed by atoms with van der Waals surface area (Å²) in [6.07, 6.45) is 0. The first kappa shape index (κ1) is 25.5. The Morgan fingerprint density at radius 3 is 1.92 bits per heavy atom. The summed E-state index contributed by atoms with van der Waals surface area (Å²) in [7, 11) is 0. The Hall–Kier alpha value is -4.16. The molecule has 5 rings (SSSR count). The van der Waals surface area contributed by atoms with E-state index in [-0.39, 0.29) is 19.0 Å². The average Bonchev–Trinajstić information content (AvgIpc) is 3.18. The van der Waals surface area contributed by atoms with Crippen LogP contribution in [0, 0.1) is 0 Å². The molecule has 1 amide bonds. The predicted octanol–water partition coefficient (Wildman–Crippen LogP) is 6.54. The number of hydrogen-bond acceptors (Lipinski definition) is 5. The van der Waals surface area contributed by atoms with Crippen molar-refractivity contribution in [3.63, 3.8) is 0 Å². The number of nitrogens with zero attached hydrogens (tertiary/aromatic N) is 6. The first-order valence-electron chi connectivity index (χ1n) is 13.4. The van der Waals surface area contributed by atoms with Crippen molar-refractivity contribution in [1.29, 1.82) is 0 Å². The monoisotopic (exact) mass is 510 g/mol. The van der Waals surface area contributed by atoms with Crippen LogP contribution >= 0.6 is 0 Å². The van der Waals surface area contributed by atoms with Gasteiger partial charge in [-0.2, -0.15) is 0 Å². The van der Waals surface area contributed by atoms with Crippen LogP contribution in [0.1, 0.15) is 54.7 Å². The second-order valence-corrected chi connectivity index (χ2v) is 9.47. The molecule has 2 aliphatic rings. The summed E-state index contributed by atoms with van der Waals surface area (Å²) in [6, 6.07) is 20.4.